The quantitative estimate of drug-likeness (QED) is 0.636. The molecule has 1 amide bonds. The van der Waals surface area contributed by atoms with Gasteiger partial charge in [-0.25, -0.2) is 12.7 Å². The maximum atomic E-state index is 12.1. The van der Waals surface area contributed by atoms with Crippen LogP contribution in [-0.2, 0) is 14.8 Å². The van der Waals surface area contributed by atoms with Gasteiger partial charge < -0.3 is 10.1 Å². The van der Waals surface area contributed by atoms with Gasteiger partial charge in [0.2, 0.25) is 15.9 Å². The first-order chi connectivity index (χ1) is 11.3. The molecule has 0 aliphatic heterocycles. The number of unbranched alkanes of at least 4 members (excludes halogenated alkanes) is 2. The molecule has 0 bridgehead atoms. The summed E-state index contributed by atoms with van der Waals surface area (Å²) in [7, 11) is -1.83. The van der Waals surface area contributed by atoms with Crippen LogP contribution in [0.5, 0.6) is 5.75 Å². The molecule has 1 aromatic rings. The third-order valence-electron chi connectivity index (χ3n) is 3.50. The number of anilines is 1. The Morgan fingerprint density at radius 3 is 2.58 bits per heavy atom. The number of hydrogen-bond donors (Lipinski definition) is 1. The fourth-order valence-electron chi connectivity index (χ4n) is 2.20. The van der Waals surface area contributed by atoms with Crippen LogP contribution in [0, 0.1) is 0 Å². The van der Waals surface area contributed by atoms with Crippen molar-refractivity contribution in [3.05, 3.63) is 23.2 Å². The van der Waals surface area contributed by atoms with Gasteiger partial charge in [0.1, 0.15) is 5.75 Å². The summed E-state index contributed by atoms with van der Waals surface area (Å²) in [6.45, 7) is 2.63. The molecule has 6 nitrogen and oxygen atoms in total. The van der Waals surface area contributed by atoms with Gasteiger partial charge in [-0.05, 0) is 24.6 Å². The van der Waals surface area contributed by atoms with Crippen LogP contribution < -0.4 is 10.1 Å². The predicted octanol–water partition coefficient (Wildman–Crippen LogP) is 3.13. The number of halogens is 1. The van der Waals surface area contributed by atoms with E-state index in [0.29, 0.717) is 23.0 Å². The number of nitrogens with one attached hydrogen (secondary N) is 1. The lowest BCUT2D eigenvalue weighted by atomic mass is 10.2. The molecular formula is C16H25ClN2O4S. The van der Waals surface area contributed by atoms with Crippen molar-refractivity contribution in [1.29, 1.82) is 0 Å². The number of benzene rings is 1. The van der Waals surface area contributed by atoms with E-state index in [2.05, 4.69) is 12.2 Å². The Morgan fingerprint density at radius 2 is 2.00 bits per heavy atom. The van der Waals surface area contributed by atoms with Gasteiger partial charge in [0.25, 0.3) is 0 Å². The third-order valence-corrected chi connectivity index (χ3v) is 5.04. The zero-order valence-corrected chi connectivity index (χ0v) is 15.9. The number of nitrogens with zero attached hydrogens (tertiary/aromatic N) is 1. The first-order valence-corrected chi connectivity index (χ1v) is 10.1. The van der Waals surface area contributed by atoms with Crippen LogP contribution in [0.15, 0.2) is 18.2 Å². The average molecular weight is 377 g/mol. The predicted molar refractivity (Wildman–Crippen MR) is 97.2 cm³/mol. The highest BCUT2D eigenvalue weighted by Gasteiger charge is 2.18. The van der Waals surface area contributed by atoms with Crippen LogP contribution in [0.25, 0.3) is 0 Å². The van der Waals surface area contributed by atoms with E-state index in [9.17, 15) is 13.2 Å². The molecule has 24 heavy (non-hydrogen) atoms. The SMILES string of the molecule is CCCCCN(CCC(=O)Nc1cc(Cl)ccc1OC)S(C)(=O)=O. The van der Waals surface area contributed by atoms with Gasteiger partial charge in [0.15, 0.2) is 0 Å². The summed E-state index contributed by atoms with van der Waals surface area (Å²) in [4.78, 5) is 12.1. The first-order valence-electron chi connectivity index (χ1n) is 7.86. The van der Waals surface area contributed by atoms with Crippen molar-refractivity contribution in [2.75, 3.05) is 31.8 Å². The number of carbonyl (C=O) groups is 1. The van der Waals surface area contributed by atoms with Crippen LogP contribution in [0.2, 0.25) is 5.02 Å². The Hall–Kier alpha value is -1.31. The van der Waals surface area contributed by atoms with Crippen LogP contribution >= 0.6 is 11.6 Å². The largest absolute Gasteiger partial charge is 0.495 e. The topological polar surface area (TPSA) is 75.7 Å². The summed E-state index contributed by atoms with van der Waals surface area (Å²) in [5.74, 6) is 0.204. The minimum Gasteiger partial charge on any atom is -0.495 e. The van der Waals surface area contributed by atoms with E-state index < -0.39 is 10.0 Å². The molecule has 0 atom stereocenters. The maximum absolute atomic E-state index is 12.1. The second kappa shape index (κ2) is 9.86. The van der Waals surface area contributed by atoms with E-state index in [1.165, 1.54) is 11.4 Å². The highest BCUT2D eigenvalue weighted by Crippen LogP contribution is 2.27. The lowest BCUT2D eigenvalue weighted by Gasteiger charge is -2.19. The summed E-state index contributed by atoms with van der Waals surface area (Å²) in [6.07, 6.45) is 3.98. The first kappa shape index (κ1) is 20.7. The molecule has 1 N–H and O–H groups in total. The highest BCUT2D eigenvalue weighted by molar-refractivity contribution is 7.88. The number of ether oxygens (including phenoxy) is 1. The standard InChI is InChI=1S/C16H25ClN2O4S/c1-4-5-6-10-19(24(3,21)22)11-9-16(20)18-14-12-13(17)7-8-15(14)23-2/h7-8,12H,4-6,9-11H2,1-3H3,(H,18,20). The van der Waals surface area contributed by atoms with Crippen molar-refractivity contribution in [3.63, 3.8) is 0 Å². The Balaban J connectivity index is 2.64. The lowest BCUT2D eigenvalue weighted by Crippen LogP contribution is -2.33. The number of methoxy groups -OCH3 is 1. The van der Waals surface area contributed by atoms with E-state index in [1.54, 1.807) is 18.2 Å². The highest BCUT2D eigenvalue weighted by atomic mass is 35.5. The van der Waals surface area contributed by atoms with Crippen LogP contribution in [0.1, 0.15) is 32.6 Å². The molecule has 0 aromatic heterocycles. The molecule has 0 heterocycles. The Bertz CT molecular complexity index is 649. The minimum atomic E-state index is -3.33. The number of sulfonamides is 1. The molecule has 0 aliphatic rings. The van der Waals surface area contributed by atoms with Gasteiger partial charge in [0.05, 0.1) is 19.1 Å². The maximum Gasteiger partial charge on any atom is 0.225 e. The van der Waals surface area contributed by atoms with E-state index >= 15 is 0 Å². The summed E-state index contributed by atoms with van der Waals surface area (Å²) in [5, 5.41) is 3.18. The molecule has 136 valence electrons. The van der Waals surface area contributed by atoms with Crippen molar-refractivity contribution >= 4 is 33.2 Å². The fraction of sp³-hybridized carbons (Fsp3) is 0.562. The summed E-state index contributed by atoms with van der Waals surface area (Å²) in [5.41, 5.74) is 0.465. The van der Waals surface area contributed by atoms with Crippen molar-refractivity contribution in [1.82, 2.24) is 4.31 Å². The van der Waals surface area contributed by atoms with E-state index in [0.717, 1.165) is 25.5 Å². The number of hydrogen-bond acceptors (Lipinski definition) is 4. The molecule has 8 heteroatoms. The Kier molecular flexibility index (Phi) is 8.52. The lowest BCUT2D eigenvalue weighted by molar-refractivity contribution is -0.116. The van der Waals surface area contributed by atoms with Gasteiger partial charge in [-0.15, -0.1) is 0 Å². The summed E-state index contributed by atoms with van der Waals surface area (Å²) in [6, 6.07) is 4.91. The summed E-state index contributed by atoms with van der Waals surface area (Å²) >= 11 is 5.92. The van der Waals surface area contributed by atoms with Crippen molar-refractivity contribution in [3.8, 4) is 5.75 Å². The average Bonchev–Trinajstić information content (AvgIpc) is 2.49. The smallest absolute Gasteiger partial charge is 0.225 e. The van der Waals surface area contributed by atoms with E-state index in [1.807, 2.05) is 0 Å². The molecule has 0 unspecified atom stereocenters. The Labute approximate surface area is 149 Å². The summed E-state index contributed by atoms with van der Waals surface area (Å²) < 4.78 is 30.1. The van der Waals surface area contributed by atoms with Crippen LogP contribution in [0.3, 0.4) is 0 Å². The van der Waals surface area contributed by atoms with Crippen molar-refractivity contribution in [2.45, 2.75) is 32.6 Å². The second-order valence-electron chi connectivity index (χ2n) is 5.51. The molecule has 0 spiro atoms. The zero-order valence-electron chi connectivity index (χ0n) is 14.3. The molecule has 0 fully saturated rings. The second-order valence-corrected chi connectivity index (χ2v) is 7.93. The molecular weight excluding hydrogens is 352 g/mol. The van der Waals surface area contributed by atoms with Gasteiger partial charge in [-0.2, -0.15) is 0 Å². The van der Waals surface area contributed by atoms with Crippen LogP contribution in [0.4, 0.5) is 5.69 Å². The van der Waals surface area contributed by atoms with Gasteiger partial charge >= 0.3 is 0 Å². The minimum absolute atomic E-state index is 0.0643. The molecule has 0 saturated carbocycles. The third kappa shape index (κ3) is 7.07. The number of amides is 1. The van der Waals surface area contributed by atoms with Gasteiger partial charge in [0, 0.05) is 24.5 Å². The monoisotopic (exact) mass is 376 g/mol. The van der Waals surface area contributed by atoms with Crippen molar-refractivity contribution < 1.29 is 17.9 Å². The molecule has 1 rings (SSSR count). The van der Waals surface area contributed by atoms with E-state index in [-0.39, 0.29) is 18.9 Å². The van der Waals surface area contributed by atoms with Gasteiger partial charge in [-0.1, -0.05) is 31.4 Å². The number of carbonyl (C=O) groups excluding carboxylic acids is 1. The van der Waals surface area contributed by atoms with Crippen molar-refractivity contribution in [2.24, 2.45) is 0 Å². The number of rotatable bonds is 10. The van der Waals surface area contributed by atoms with Crippen LogP contribution in [-0.4, -0.2) is 45.1 Å². The fourth-order valence-corrected chi connectivity index (χ4v) is 3.25. The van der Waals surface area contributed by atoms with Gasteiger partial charge in [-0.3, -0.25) is 4.79 Å². The molecule has 0 aliphatic carbocycles. The molecule has 1 aromatic carbocycles. The normalized spacial score (nSPS) is 11.5. The molecule has 0 radical (unpaired) electrons. The zero-order chi connectivity index (χ0) is 18.2. The van der Waals surface area contributed by atoms with E-state index in [4.69, 9.17) is 16.3 Å². The Morgan fingerprint density at radius 1 is 1.29 bits per heavy atom. The molecule has 0 saturated heterocycles.